The number of hydrogen-bond donors (Lipinski definition) is 1. The number of amides is 1. The molecule has 0 bridgehead atoms. The molecular weight excluding hydrogens is 412 g/mol. The molecule has 4 rings (SSSR count). The summed E-state index contributed by atoms with van der Waals surface area (Å²) in [5, 5.41) is 11.3. The zero-order valence-electron chi connectivity index (χ0n) is 18.3. The zero-order valence-corrected chi connectivity index (χ0v) is 18.3. The summed E-state index contributed by atoms with van der Waals surface area (Å²) in [6.45, 7) is 1.30. The fraction of sp³-hybridized carbons (Fsp3) is 0.348. The maximum absolute atomic E-state index is 12.8. The third-order valence-corrected chi connectivity index (χ3v) is 5.55. The van der Waals surface area contributed by atoms with E-state index in [-0.39, 0.29) is 11.8 Å². The molecule has 2 aromatic carbocycles. The van der Waals surface area contributed by atoms with Crippen molar-refractivity contribution in [3.8, 4) is 28.7 Å². The highest BCUT2D eigenvalue weighted by Crippen LogP contribution is 2.31. The number of ether oxygens (including phenoxy) is 3. The van der Waals surface area contributed by atoms with Gasteiger partial charge >= 0.3 is 6.01 Å². The smallest absolute Gasteiger partial charge is 0.318 e. The van der Waals surface area contributed by atoms with Crippen molar-refractivity contribution in [2.24, 2.45) is 5.92 Å². The molecule has 2 heterocycles. The van der Waals surface area contributed by atoms with Crippen molar-refractivity contribution in [2.45, 2.75) is 12.8 Å². The van der Waals surface area contributed by atoms with Crippen LogP contribution in [0.3, 0.4) is 0 Å². The molecule has 168 valence electrons. The molecule has 1 N–H and O–H groups in total. The molecule has 1 aliphatic heterocycles. The summed E-state index contributed by atoms with van der Waals surface area (Å²) in [7, 11) is 4.78. The standard InChI is InChI=1S/C23H26N4O5/c1-29-17-6-4-16(5-7-17)22-25-26-23(32-22)27-12-10-15(11-13-27)21(28)24-19-14-18(30-2)8-9-20(19)31-3/h4-9,14-15H,10-13H2,1-3H3,(H,24,28). The first-order valence-electron chi connectivity index (χ1n) is 10.4. The maximum atomic E-state index is 12.8. The monoisotopic (exact) mass is 438 g/mol. The number of hydrogen-bond acceptors (Lipinski definition) is 8. The molecule has 0 radical (unpaired) electrons. The Labute approximate surface area is 186 Å². The van der Waals surface area contributed by atoms with E-state index in [1.54, 1.807) is 39.5 Å². The number of rotatable bonds is 7. The van der Waals surface area contributed by atoms with Gasteiger partial charge in [0.1, 0.15) is 17.2 Å². The molecule has 0 unspecified atom stereocenters. The van der Waals surface area contributed by atoms with Gasteiger partial charge in [0.05, 0.1) is 27.0 Å². The van der Waals surface area contributed by atoms with E-state index in [0.29, 0.717) is 55.0 Å². The lowest BCUT2D eigenvalue weighted by molar-refractivity contribution is -0.120. The lowest BCUT2D eigenvalue weighted by Crippen LogP contribution is -2.38. The minimum atomic E-state index is -0.119. The van der Waals surface area contributed by atoms with Gasteiger partial charge in [-0.3, -0.25) is 4.79 Å². The van der Waals surface area contributed by atoms with Crippen LogP contribution in [0.5, 0.6) is 17.2 Å². The van der Waals surface area contributed by atoms with Crippen LogP contribution in [-0.4, -0.2) is 50.5 Å². The molecule has 1 fully saturated rings. The average Bonchev–Trinajstić information content (AvgIpc) is 3.34. The van der Waals surface area contributed by atoms with Crippen molar-refractivity contribution in [3.05, 3.63) is 42.5 Å². The Morgan fingerprint density at radius 3 is 2.31 bits per heavy atom. The summed E-state index contributed by atoms with van der Waals surface area (Å²) in [6.07, 6.45) is 1.36. The Balaban J connectivity index is 1.36. The number of benzene rings is 2. The van der Waals surface area contributed by atoms with Gasteiger partial charge in [-0.05, 0) is 49.2 Å². The van der Waals surface area contributed by atoms with Crippen molar-refractivity contribution < 1.29 is 23.4 Å². The number of carbonyl (C=O) groups excluding carboxylic acids is 1. The van der Waals surface area contributed by atoms with Gasteiger partial charge in [-0.2, -0.15) is 0 Å². The Morgan fingerprint density at radius 1 is 0.969 bits per heavy atom. The summed E-state index contributed by atoms with van der Waals surface area (Å²) < 4.78 is 21.6. The Bertz CT molecular complexity index is 1060. The fourth-order valence-corrected chi connectivity index (χ4v) is 3.67. The van der Waals surface area contributed by atoms with Gasteiger partial charge in [-0.25, -0.2) is 0 Å². The third kappa shape index (κ3) is 4.61. The Morgan fingerprint density at radius 2 is 1.66 bits per heavy atom. The summed E-state index contributed by atoms with van der Waals surface area (Å²) in [6, 6.07) is 13.2. The lowest BCUT2D eigenvalue weighted by Gasteiger charge is -2.29. The van der Waals surface area contributed by atoms with Crippen LogP contribution >= 0.6 is 0 Å². The van der Waals surface area contributed by atoms with Gasteiger partial charge < -0.3 is 28.8 Å². The quantitative estimate of drug-likeness (QED) is 0.597. The lowest BCUT2D eigenvalue weighted by atomic mass is 9.96. The molecule has 1 aliphatic rings. The maximum Gasteiger partial charge on any atom is 0.318 e. The molecule has 1 amide bonds. The van der Waals surface area contributed by atoms with E-state index >= 15 is 0 Å². The Kier molecular flexibility index (Phi) is 6.44. The van der Waals surface area contributed by atoms with E-state index in [9.17, 15) is 4.79 Å². The van der Waals surface area contributed by atoms with Gasteiger partial charge in [-0.1, -0.05) is 5.10 Å². The summed E-state index contributed by atoms with van der Waals surface area (Å²) in [5.41, 5.74) is 1.42. The molecule has 9 nitrogen and oxygen atoms in total. The second kappa shape index (κ2) is 9.59. The molecule has 3 aromatic rings. The predicted octanol–water partition coefficient (Wildman–Crippen LogP) is 3.62. The highest BCUT2D eigenvalue weighted by atomic mass is 16.5. The SMILES string of the molecule is COc1ccc(-c2nnc(N3CCC(C(=O)Nc4cc(OC)ccc4OC)CC3)o2)cc1. The zero-order chi connectivity index (χ0) is 22.5. The van der Waals surface area contributed by atoms with E-state index in [4.69, 9.17) is 18.6 Å². The van der Waals surface area contributed by atoms with Crippen LogP contribution in [0, 0.1) is 5.92 Å². The third-order valence-electron chi connectivity index (χ3n) is 5.55. The molecular formula is C23H26N4O5. The van der Waals surface area contributed by atoms with Crippen LogP contribution in [0.15, 0.2) is 46.9 Å². The summed E-state index contributed by atoms with van der Waals surface area (Å²) >= 11 is 0. The van der Waals surface area contributed by atoms with Gasteiger partial charge in [0.15, 0.2) is 0 Å². The van der Waals surface area contributed by atoms with Crippen LogP contribution in [0.2, 0.25) is 0 Å². The summed E-state index contributed by atoms with van der Waals surface area (Å²) in [4.78, 5) is 14.8. The Hall–Kier alpha value is -3.75. The van der Waals surface area contributed by atoms with Crippen LogP contribution in [-0.2, 0) is 4.79 Å². The number of anilines is 2. The molecule has 32 heavy (non-hydrogen) atoms. The first-order valence-corrected chi connectivity index (χ1v) is 10.4. The highest BCUT2D eigenvalue weighted by molar-refractivity contribution is 5.94. The van der Waals surface area contributed by atoms with Gasteiger partial charge in [0.25, 0.3) is 0 Å². The van der Waals surface area contributed by atoms with Gasteiger partial charge in [-0.15, -0.1) is 5.10 Å². The number of piperidine rings is 1. The van der Waals surface area contributed by atoms with E-state index < -0.39 is 0 Å². The van der Waals surface area contributed by atoms with E-state index in [2.05, 4.69) is 15.5 Å². The van der Waals surface area contributed by atoms with Crippen molar-refractivity contribution in [3.63, 3.8) is 0 Å². The molecule has 1 aromatic heterocycles. The van der Waals surface area contributed by atoms with Crippen molar-refractivity contribution >= 4 is 17.6 Å². The van der Waals surface area contributed by atoms with Crippen LogP contribution in [0.4, 0.5) is 11.7 Å². The van der Waals surface area contributed by atoms with E-state index in [1.165, 1.54) is 0 Å². The van der Waals surface area contributed by atoms with Crippen molar-refractivity contribution in [1.29, 1.82) is 0 Å². The second-order valence-electron chi connectivity index (χ2n) is 7.44. The average molecular weight is 438 g/mol. The minimum Gasteiger partial charge on any atom is -0.497 e. The normalized spacial score (nSPS) is 14.2. The second-order valence-corrected chi connectivity index (χ2v) is 7.44. The largest absolute Gasteiger partial charge is 0.497 e. The molecule has 1 saturated heterocycles. The molecule has 9 heteroatoms. The van der Waals surface area contributed by atoms with Crippen LogP contribution < -0.4 is 24.4 Å². The number of nitrogens with zero attached hydrogens (tertiary/aromatic N) is 3. The fourth-order valence-electron chi connectivity index (χ4n) is 3.67. The first-order chi connectivity index (χ1) is 15.6. The molecule has 0 spiro atoms. The number of aromatic nitrogens is 2. The van der Waals surface area contributed by atoms with Crippen molar-refractivity contribution in [2.75, 3.05) is 44.6 Å². The highest BCUT2D eigenvalue weighted by Gasteiger charge is 2.28. The molecule has 0 aliphatic carbocycles. The number of carbonyl (C=O) groups is 1. The van der Waals surface area contributed by atoms with Crippen LogP contribution in [0.1, 0.15) is 12.8 Å². The minimum absolute atomic E-state index is 0.0411. The molecule has 0 saturated carbocycles. The van der Waals surface area contributed by atoms with E-state index in [1.807, 2.05) is 29.2 Å². The topological polar surface area (TPSA) is 99.0 Å². The van der Waals surface area contributed by atoms with E-state index in [0.717, 1.165) is 11.3 Å². The van der Waals surface area contributed by atoms with Crippen molar-refractivity contribution in [1.82, 2.24) is 10.2 Å². The molecule has 0 atom stereocenters. The predicted molar refractivity (Wildman–Crippen MR) is 119 cm³/mol. The number of nitrogens with one attached hydrogen (secondary N) is 1. The first kappa shape index (κ1) is 21.5. The number of methoxy groups -OCH3 is 3. The van der Waals surface area contributed by atoms with Gasteiger partial charge in [0, 0.05) is 30.6 Å². The van der Waals surface area contributed by atoms with Gasteiger partial charge in [0.2, 0.25) is 11.8 Å². The van der Waals surface area contributed by atoms with Crippen LogP contribution in [0.25, 0.3) is 11.5 Å². The summed E-state index contributed by atoms with van der Waals surface area (Å²) in [5.74, 6) is 2.30.